The third-order valence-electron chi connectivity index (χ3n) is 3.37. The average molecular weight is 288 g/mol. The number of likely N-dealkylation sites (tertiary alicyclic amines) is 1. The first-order valence-corrected chi connectivity index (χ1v) is 6.99. The van der Waals surface area contributed by atoms with E-state index in [-0.39, 0.29) is 25.2 Å². The molecule has 1 saturated heterocycles. The Morgan fingerprint density at radius 3 is 2.55 bits per heavy atom. The van der Waals surface area contributed by atoms with E-state index >= 15 is 0 Å². The van der Waals surface area contributed by atoms with E-state index in [1.165, 1.54) is 0 Å². The number of amides is 2. The average Bonchev–Trinajstić information content (AvgIpc) is 2.44. The second-order valence-electron chi connectivity index (χ2n) is 4.98. The molecule has 1 aliphatic heterocycles. The van der Waals surface area contributed by atoms with Crippen LogP contribution in [0.1, 0.15) is 25.7 Å². The second kappa shape index (κ2) is 8.76. The van der Waals surface area contributed by atoms with Crippen LogP contribution >= 0.6 is 0 Å². The summed E-state index contributed by atoms with van der Waals surface area (Å²) < 4.78 is 5.45. The highest BCUT2D eigenvalue weighted by Gasteiger charge is 2.24. The lowest BCUT2D eigenvalue weighted by atomic mass is 10.1. The highest BCUT2D eigenvalue weighted by Crippen LogP contribution is 2.15. The van der Waals surface area contributed by atoms with Crippen LogP contribution in [0, 0.1) is 0 Å². The quantitative estimate of drug-likeness (QED) is 0.706. The number of aliphatic carboxylic acids is 1. The maximum absolute atomic E-state index is 12.1. The zero-order valence-corrected chi connectivity index (χ0v) is 12.0. The summed E-state index contributed by atoms with van der Waals surface area (Å²) in [5, 5.41) is 17.3. The van der Waals surface area contributed by atoms with Gasteiger partial charge in [0.15, 0.2) is 0 Å². The Kier molecular flexibility index (Phi) is 7.32. The summed E-state index contributed by atoms with van der Waals surface area (Å²) in [6, 6.07) is -0.0593. The van der Waals surface area contributed by atoms with Crippen LogP contribution in [0.15, 0.2) is 0 Å². The largest absolute Gasteiger partial charge is 0.481 e. The van der Waals surface area contributed by atoms with Gasteiger partial charge in [-0.15, -0.1) is 0 Å². The molecule has 1 fully saturated rings. The molecule has 2 N–H and O–H groups in total. The van der Waals surface area contributed by atoms with Gasteiger partial charge in [-0.05, 0) is 19.3 Å². The van der Waals surface area contributed by atoms with Gasteiger partial charge in [-0.3, -0.25) is 4.79 Å². The third kappa shape index (κ3) is 5.75. The molecular formula is C13H24N2O5. The van der Waals surface area contributed by atoms with Crippen LogP contribution in [0.25, 0.3) is 0 Å². The fraction of sp³-hybridized carbons (Fsp3) is 0.846. The molecule has 0 aromatic carbocycles. The van der Waals surface area contributed by atoms with E-state index in [0.717, 1.165) is 12.8 Å². The van der Waals surface area contributed by atoms with Crippen LogP contribution in [-0.2, 0) is 9.53 Å². The summed E-state index contributed by atoms with van der Waals surface area (Å²) in [6.07, 6.45) is 2.20. The highest BCUT2D eigenvalue weighted by atomic mass is 16.5. The van der Waals surface area contributed by atoms with Crippen molar-refractivity contribution in [2.45, 2.75) is 31.8 Å². The molecule has 7 nitrogen and oxygen atoms in total. The molecular weight excluding hydrogens is 264 g/mol. The maximum atomic E-state index is 12.1. The summed E-state index contributed by atoms with van der Waals surface area (Å²) in [5.41, 5.74) is 0. The fourth-order valence-electron chi connectivity index (χ4n) is 2.24. The number of urea groups is 1. The minimum atomic E-state index is -0.840. The van der Waals surface area contributed by atoms with Crippen LogP contribution in [0.3, 0.4) is 0 Å². The van der Waals surface area contributed by atoms with Gasteiger partial charge in [-0.2, -0.15) is 0 Å². The third-order valence-corrected chi connectivity index (χ3v) is 3.37. The van der Waals surface area contributed by atoms with E-state index in [1.807, 2.05) is 0 Å². The minimum absolute atomic E-state index is 0.0193. The van der Waals surface area contributed by atoms with Crippen molar-refractivity contribution in [3.8, 4) is 0 Å². The number of carbonyl (C=O) groups excluding carboxylic acids is 1. The molecule has 1 aliphatic rings. The van der Waals surface area contributed by atoms with Crippen molar-refractivity contribution in [2.24, 2.45) is 0 Å². The molecule has 1 rings (SSSR count). The molecule has 0 atom stereocenters. The van der Waals surface area contributed by atoms with Crippen LogP contribution in [0.5, 0.6) is 0 Å². The zero-order valence-electron chi connectivity index (χ0n) is 12.0. The molecule has 0 aliphatic carbocycles. The minimum Gasteiger partial charge on any atom is -0.481 e. The molecule has 7 heteroatoms. The van der Waals surface area contributed by atoms with Crippen molar-refractivity contribution in [2.75, 3.05) is 39.9 Å². The topological polar surface area (TPSA) is 90.3 Å². The molecule has 0 spiro atoms. The van der Waals surface area contributed by atoms with Gasteiger partial charge in [0.25, 0.3) is 0 Å². The van der Waals surface area contributed by atoms with Gasteiger partial charge >= 0.3 is 12.0 Å². The van der Waals surface area contributed by atoms with Crippen molar-refractivity contribution in [1.82, 2.24) is 9.80 Å². The standard InChI is InChI=1S/C13H24N2O5/c1-14(6-2-3-12(17)18)13(19)15-7-4-11(5-8-15)20-10-9-16/h11,16H,2-10H2,1H3,(H,17,18). The predicted octanol–water partition coefficient (Wildman–Crippen LogP) is 0.376. The SMILES string of the molecule is CN(CCCC(=O)O)C(=O)N1CCC(OCCO)CC1. The first-order valence-electron chi connectivity index (χ1n) is 6.99. The van der Waals surface area contributed by atoms with Gasteiger partial charge < -0.3 is 24.7 Å². The van der Waals surface area contributed by atoms with Gasteiger partial charge in [0.05, 0.1) is 19.3 Å². The number of piperidine rings is 1. The number of aliphatic hydroxyl groups excluding tert-OH is 1. The van der Waals surface area contributed by atoms with E-state index in [2.05, 4.69) is 0 Å². The molecule has 0 aromatic rings. The Morgan fingerprint density at radius 1 is 1.35 bits per heavy atom. The van der Waals surface area contributed by atoms with Gasteiger partial charge in [-0.1, -0.05) is 0 Å². The van der Waals surface area contributed by atoms with Crippen molar-refractivity contribution in [3.05, 3.63) is 0 Å². The number of hydrogen-bond acceptors (Lipinski definition) is 4. The predicted molar refractivity (Wildman–Crippen MR) is 72.5 cm³/mol. The molecule has 20 heavy (non-hydrogen) atoms. The Bertz CT molecular complexity index is 316. The first-order chi connectivity index (χ1) is 9.54. The molecule has 2 amide bonds. The monoisotopic (exact) mass is 288 g/mol. The normalized spacial score (nSPS) is 16.2. The summed E-state index contributed by atoms with van der Waals surface area (Å²) in [7, 11) is 1.69. The number of carboxylic acid groups (broad SMARTS) is 1. The Hall–Kier alpha value is -1.34. The lowest BCUT2D eigenvalue weighted by molar-refractivity contribution is -0.137. The lowest BCUT2D eigenvalue weighted by Gasteiger charge is -2.34. The fourth-order valence-corrected chi connectivity index (χ4v) is 2.24. The molecule has 0 bridgehead atoms. The van der Waals surface area contributed by atoms with Gasteiger partial charge in [0.1, 0.15) is 0 Å². The smallest absolute Gasteiger partial charge is 0.319 e. The summed E-state index contributed by atoms with van der Waals surface area (Å²) in [5.74, 6) is -0.840. The van der Waals surface area contributed by atoms with Crippen molar-refractivity contribution in [1.29, 1.82) is 0 Å². The van der Waals surface area contributed by atoms with Crippen molar-refractivity contribution in [3.63, 3.8) is 0 Å². The van der Waals surface area contributed by atoms with Gasteiger partial charge in [0, 0.05) is 33.1 Å². The summed E-state index contributed by atoms with van der Waals surface area (Å²) in [6.45, 7) is 2.08. The zero-order chi connectivity index (χ0) is 15.0. The highest BCUT2D eigenvalue weighted by molar-refractivity contribution is 5.74. The number of rotatable bonds is 7. The molecule has 0 radical (unpaired) electrons. The van der Waals surface area contributed by atoms with E-state index in [1.54, 1.807) is 16.8 Å². The Balaban J connectivity index is 2.25. The maximum Gasteiger partial charge on any atom is 0.319 e. The van der Waals surface area contributed by atoms with Gasteiger partial charge in [-0.25, -0.2) is 4.79 Å². The van der Waals surface area contributed by atoms with Gasteiger partial charge in [0.2, 0.25) is 0 Å². The molecule has 0 saturated carbocycles. The number of carboxylic acids is 1. The number of nitrogens with zero attached hydrogens (tertiary/aromatic N) is 2. The second-order valence-corrected chi connectivity index (χ2v) is 4.98. The molecule has 1 heterocycles. The lowest BCUT2D eigenvalue weighted by Crippen LogP contribution is -2.47. The molecule has 0 unspecified atom stereocenters. The Morgan fingerprint density at radius 2 is 2.00 bits per heavy atom. The summed E-state index contributed by atoms with van der Waals surface area (Å²) in [4.78, 5) is 25.9. The van der Waals surface area contributed by atoms with Crippen LogP contribution in [-0.4, -0.2) is 78.0 Å². The molecule has 0 aromatic heterocycles. The van der Waals surface area contributed by atoms with E-state index in [9.17, 15) is 9.59 Å². The number of aliphatic hydroxyl groups is 1. The number of carbonyl (C=O) groups is 2. The van der Waals surface area contributed by atoms with E-state index in [0.29, 0.717) is 32.7 Å². The van der Waals surface area contributed by atoms with Crippen LogP contribution < -0.4 is 0 Å². The Labute approximate surface area is 119 Å². The van der Waals surface area contributed by atoms with E-state index < -0.39 is 5.97 Å². The van der Waals surface area contributed by atoms with Crippen molar-refractivity contribution >= 4 is 12.0 Å². The summed E-state index contributed by atoms with van der Waals surface area (Å²) >= 11 is 0. The van der Waals surface area contributed by atoms with Crippen molar-refractivity contribution < 1.29 is 24.5 Å². The van der Waals surface area contributed by atoms with E-state index in [4.69, 9.17) is 14.9 Å². The van der Waals surface area contributed by atoms with Crippen LogP contribution in [0.2, 0.25) is 0 Å². The van der Waals surface area contributed by atoms with Crippen LogP contribution in [0.4, 0.5) is 4.79 Å². The number of ether oxygens (including phenoxy) is 1. The number of hydrogen-bond donors (Lipinski definition) is 2. The molecule has 116 valence electrons. The first kappa shape index (κ1) is 16.7.